The number of hydrogen-bond donors (Lipinski definition) is 2. The Balaban J connectivity index is 1.98. The Morgan fingerprint density at radius 2 is 1.93 bits per heavy atom. The monoisotopic (exact) mass is 215 g/mol. The fourth-order valence-electron chi connectivity index (χ4n) is 1.81. The van der Waals surface area contributed by atoms with Crippen LogP contribution in [0.4, 0.5) is 0 Å². The van der Waals surface area contributed by atoms with Gasteiger partial charge in [-0.15, -0.1) is 0 Å². The number of carboxylic acid groups (broad SMARTS) is 1. The number of hydrogen-bond acceptors (Lipinski definition) is 3. The second-order valence-electron chi connectivity index (χ2n) is 4.20. The Morgan fingerprint density at radius 3 is 2.47 bits per heavy atom. The summed E-state index contributed by atoms with van der Waals surface area (Å²) in [6.07, 6.45) is 5.59. The van der Waals surface area contributed by atoms with Crippen molar-refractivity contribution in [1.82, 2.24) is 4.90 Å². The highest BCUT2D eigenvalue weighted by atomic mass is 16.4. The van der Waals surface area contributed by atoms with E-state index in [-0.39, 0.29) is 13.0 Å². The lowest BCUT2D eigenvalue weighted by Gasteiger charge is -2.20. The van der Waals surface area contributed by atoms with Crippen LogP contribution in [0, 0.1) is 0 Å². The zero-order valence-corrected chi connectivity index (χ0v) is 9.19. The number of rotatable bonds is 9. The molecule has 0 radical (unpaired) electrons. The SMILES string of the molecule is O=C(O)CCCCCN(CCO)C1CC1. The summed E-state index contributed by atoms with van der Waals surface area (Å²) in [5, 5.41) is 17.3. The highest BCUT2D eigenvalue weighted by Gasteiger charge is 2.27. The van der Waals surface area contributed by atoms with Crippen LogP contribution >= 0.6 is 0 Å². The molecule has 1 fully saturated rings. The molecule has 1 saturated carbocycles. The summed E-state index contributed by atoms with van der Waals surface area (Å²) in [6, 6.07) is 0.691. The molecule has 4 heteroatoms. The number of carboxylic acids is 1. The Bertz CT molecular complexity index is 192. The van der Waals surface area contributed by atoms with Crippen molar-refractivity contribution in [3.05, 3.63) is 0 Å². The van der Waals surface area contributed by atoms with E-state index in [4.69, 9.17) is 10.2 Å². The van der Waals surface area contributed by atoms with Crippen molar-refractivity contribution >= 4 is 5.97 Å². The molecule has 4 nitrogen and oxygen atoms in total. The van der Waals surface area contributed by atoms with Gasteiger partial charge in [-0.3, -0.25) is 9.69 Å². The van der Waals surface area contributed by atoms with Gasteiger partial charge in [-0.05, 0) is 32.2 Å². The van der Waals surface area contributed by atoms with Crippen molar-refractivity contribution < 1.29 is 15.0 Å². The molecule has 88 valence electrons. The van der Waals surface area contributed by atoms with E-state index in [1.165, 1.54) is 12.8 Å². The molecular weight excluding hydrogens is 194 g/mol. The summed E-state index contributed by atoms with van der Waals surface area (Å²) in [5.74, 6) is -0.704. The summed E-state index contributed by atoms with van der Waals surface area (Å²) in [4.78, 5) is 12.6. The average molecular weight is 215 g/mol. The van der Waals surface area contributed by atoms with E-state index in [0.29, 0.717) is 6.04 Å². The molecule has 1 aliphatic rings. The fourth-order valence-corrected chi connectivity index (χ4v) is 1.81. The van der Waals surface area contributed by atoms with Crippen LogP contribution in [-0.2, 0) is 4.79 Å². The molecule has 0 aromatic rings. The maximum Gasteiger partial charge on any atom is 0.303 e. The molecule has 0 unspecified atom stereocenters. The third-order valence-corrected chi connectivity index (χ3v) is 2.79. The minimum Gasteiger partial charge on any atom is -0.481 e. The number of nitrogens with zero attached hydrogens (tertiary/aromatic N) is 1. The van der Waals surface area contributed by atoms with Gasteiger partial charge in [0.1, 0.15) is 0 Å². The quantitative estimate of drug-likeness (QED) is 0.565. The topological polar surface area (TPSA) is 60.8 Å². The number of aliphatic hydroxyl groups excluding tert-OH is 1. The van der Waals surface area contributed by atoms with Gasteiger partial charge in [0, 0.05) is 19.0 Å². The first-order chi connectivity index (χ1) is 7.24. The van der Waals surface area contributed by atoms with Gasteiger partial charge >= 0.3 is 5.97 Å². The number of aliphatic hydroxyl groups is 1. The van der Waals surface area contributed by atoms with Crippen molar-refractivity contribution in [2.75, 3.05) is 19.7 Å². The Labute approximate surface area is 90.9 Å². The predicted molar refractivity (Wildman–Crippen MR) is 57.8 cm³/mol. The Hall–Kier alpha value is -0.610. The molecular formula is C11H21NO3. The van der Waals surface area contributed by atoms with Gasteiger partial charge in [-0.2, -0.15) is 0 Å². The van der Waals surface area contributed by atoms with E-state index in [2.05, 4.69) is 4.90 Å². The van der Waals surface area contributed by atoms with Crippen LogP contribution in [0.15, 0.2) is 0 Å². The van der Waals surface area contributed by atoms with Crippen LogP contribution < -0.4 is 0 Å². The van der Waals surface area contributed by atoms with Crippen LogP contribution in [0.1, 0.15) is 38.5 Å². The molecule has 1 aliphatic carbocycles. The van der Waals surface area contributed by atoms with Crippen LogP contribution in [0.5, 0.6) is 0 Å². The molecule has 0 amide bonds. The molecule has 15 heavy (non-hydrogen) atoms. The smallest absolute Gasteiger partial charge is 0.303 e. The molecule has 0 spiro atoms. The normalized spacial score (nSPS) is 15.9. The fraction of sp³-hybridized carbons (Fsp3) is 0.909. The highest BCUT2D eigenvalue weighted by Crippen LogP contribution is 2.26. The minimum absolute atomic E-state index is 0.228. The summed E-state index contributed by atoms with van der Waals surface area (Å²) in [5.41, 5.74) is 0. The molecule has 1 rings (SSSR count). The standard InChI is InChI=1S/C11H21NO3/c13-9-8-12(10-5-6-10)7-3-1-2-4-11(14)15/h10,13H,1-9H2,(H,14,15). The van der Waals surface area contributed by atoms with Crippen LogP contribution in [0.25, 0.3) is 0 Å². The van der Waals surface area contributed by atoms with E-state index >= 15 is 0 Å². The van der Waals surface area contributed by atoms with E-state index in [1.54, 1.807) is 0 Å². The third-order valence-electron chi connectivity index (χ3n) is 2.79. The number of carbonyl (C=O) groups is 1. The summed E-state index contributed by atoms with van der Waals surface area (Å²) < 4.78 is 0. The molecule has 0 saturated heterocycles. The summed E-state index contributed by atoms with van der Waals surface area (Å²) in [7, 11) is 0. The van der Waals surface area contributed by atoms with Crippen LogP contribution in [0.2, 0.25) is 0 Å². The number of aliphatic carboxylic acids is 1. The van der Waals surface area contributed by atoms with Crippen LogP contribution in [-0.4, -0.2) is 46.8 Å². The van der Waals surface area contributed by atoms with E-state index < -0.39 is 5.97 Å². The minimum atomic E-state index is -0.704. The molecule has 2 N–H and O–H groups in total. The maximum absolute atomic E-state index is 10.3. The largest absolute Gasteiger partial charge is 0.481 e. The van der Waals surface area contributed by atoms with Crippen LogP contribution in [0.3, 0.4) is 0 Å². The van der Waals surface area contributed by atoms with E-state index in [0.717, 1.165) is 32.4 Å². The lowest BCUT2D eigenvalue weighted by molar-refractivity contribution is -0.137. The van der Waals surface area contributed by atoms with Gasteiger partial charge in [0.2, 0.25) is 0 Å². The van der Waals surface area contributed by atoms with Crippen molar-refractivity contribution in [3.8, 4) is 0 Å². The molecule has 0 bridgehead atoms. The maximum atomic E-state index is 10.3. The Morgan fingerprint density at radius 1 is 1.20 bits per heavy atom. The lowest BCUT2D eigenvalue weighted by atomic mass is 10.2. The third kappa shape index (κ3) is 5.74. The highest BCUT2D eigenvalue weighted by molar-refractivity contribution is 5.66. The van der Waals surface area contributed by atoms with Crippen molar-refractivity contribution in [1.29, 1.82) is 0 Å². The first-order valence-corrected chi connectivity index (χ1v) is 5.80. The summed E-state index contributed by atoms with van der Waals surface area (Å²) >= 11 is 0. The zero-order chi connectivity index (χ0) is 11.1. The van der Waals surface area contributed by atoms with Gasteiger partial charge in [0.15, 0.2) is 0 Å². The zero-order valence-electron chi connectivity index (χ0n) is 9.19. The summed E-state index contributed by atoms with van der Waals surface area (Å²) in [6.45, 7) is 2.00. The van der Waals surface area contributed by atoms with Gasteiger partial charge in [0.25, 0.3) is 0 Å². The Kier molecular flexibility index (Phi) is 5.65. The average Bonchev–Trinajstić information content (AvgIpc) is 2.98. The molecule has 0 aliphatic heterocycles. The number of unbranched alkanes of at least 4 members (excludes halogenated alkanes) is 2. The van der Waals surface area contributed by atoms with E-state index in [1.807, 2.05) is 0 Å². The van der Waals surface area contributed by atoms with Crippen molar-refractivity contribution in [2.45, 2.75) is 44.6 Å². The molecule has 0 heterocycles. The van der Waals surface area contributed by atoms with Crippen molar-refractivity contribution in [2.24, 2.45) is 0 Å². The first kappa shape index (κ1) is 12.5. The predicted octanol–water partition coefficient (Wildman–Crippen LogP) is 1.09. The lowest BCUT2D eigenvalue weighted by Crippen LogP contribution is -2.30. The second-order valence-corrected chi connectivity index (χ2v) is 4.20. The van der Waals surface area contributed by atoms with Crippen molar-refractivity contribution in [3.63, 3.8) is 0 Å². The van der Waals surface area contributed by atoms with E-state index in [9.17, 15) is 4.79 Å². The van der Waals surface area contributed by atoms with Gasteiger partial charge in [-0.1, -0.05) is 6.42 Å². The molecule has 0 atom stereocenters. The molecule has 0 aromatic heterocycles. The molecule has 0 aromatic carbocycles. The second kappa shape index (κ2) is 6.80. The first-order valence-electron chi connectivity index (χ1n) is 5.80. The van der Waals surface area contributed by atoms with Gasteiger partial charge in [-0.25, -0.2) is 0 Å². The van der Waals surface area contributed by atoms with Gasteiger partial charge < -0.3 is 10.2 Å². The van der Waals surface area contributed by atoms with Gasteiger partial charge in [0.05, 0.1) is 6.61 Å².